The molecule has 2 aromatic heterocycles. The number of hydrogen-bond acceptors (Lipinski definition) is 5. The van der Waals surface area contributed by atoms with Gasteiger partial charge >= 0.3 is 6.01 Å². The molecule has 0 amide bonds. The number of carbonyl (C=O) groups excluding carboxylic acids is 1. The summed E-state index contributed by atoms with van der Waals surface area (Å²) < 4.78 is 5.13. The molecule has 1 atom stereocenters. The van der Waals surface area contributed by atoms with E-state index in [1.165, 1.54) is 7.11 Å². The summed E-state index contributed by atoms with van der Waals surface area (Å²) in [5.41, 5.74) is 2.13. The Bertz CT molecular complexity index is 763. The maximum atomic E-state index is 13.0. The predicted octanol–water partition coefficient (Wildman–Crippen LogP) is 2.93. The lowest BCUT2D eigenvalue weighted by Crippen LogP contribution is -2.38. The number of carbonyl (C=O) groups is 1. The average molecular weight is 318 g/mol. The monoisotopic (exact) mass is 317 g/mol. The summed E-state index contributed by atoms with van der Waals surface area (Å²) in [6, 6.07) is 5.52. The van der Waals surface area contributed by atoms with Crippen molar-refractivity contribution in [2.45, 2.75) is 32.1 Å². The summed E-state index contributed by atoms with van der Waals surface area (Å²) >= 11 is 5.91. The lowest BCUT2D eigenvalue weighted by Gasteiger charge is -2.32. The molecule has 1 aliphatic carbocycles. The Kier molecular flexibility index (Phi) is 3.60. The number of aromatic nitrogens is 3. The van der Waals surface area contributed by atoms with E-state index in [0.29, 0.717) is 29.3 Å². The summed E-state index contributed by atoms with van der Waals surface area (Å²) in [5, 5.41) is 0.412. The number of aryl methyl sites for hydroxylation is 2. The quantitative estimate of drug-likeness (QED) is 0.797. The van der Waals surface area contributed by atoms with Crippen LogP contribution < -0.4 is 4.74 Å². The van der Waals surface area contributed by atoms with Gasteiger partial charge in [0.05, 0.1) is 23.9 Å². The number of ketones is 1. The van der Waals surface area contributed by atoms with Crippen LogP contribution >= 0.6 is 11.6 Å². The molecule has 2 heterocycles. The standard InChI is InChI=1S/C16H16ClN3O2/c1-9-8-12(20-15(18-9)22-3)16(2)7-6-11-10(14(16)21)4-5-13(17)19-11/h4-5,8H,6-7H2,1-3H3. The molecule has 1 unspecified atom stereocenters. The van der Waals surface area contributed by atoms with Gasteiger partial charge in [0.15, 0.2) is 5.78 Å². The van der Waals surface area contributed by atoms with Crippen molar-refractivity contribution in [1.82, 2.24) is 15.0 Å². The van der Waals surface area contributed by atoms with Gasteiger partial charge in [0.2, 0.25) is 0 Å². The average Bonchev–Trinajstić information content (AvgIpc) is 2.50. The van der Waals surface area contributed by atoms with E-state index in [2.05, 4.69) is 15.0 Å². The third-order valence-electron chi connectivity index (χ3n) is 4.13. The highest BCUT2D eigenvalue weighted by Gasteiger charge is 2.42. The maximum absolute atomic E-state index is 13.0. The molecule has 0 saturated heterocycles. The van der Waals surface area contributed by atoms with E-state index < -0.39 is 5.41 Å². The van der Waals surface area contributed by atoms with Crippen molar-refractivity contribution >= 4 is 17.4 Å². The first-order valence-corrected chi connectivity index (χ1v) is 7.42. The zero-order valence-electron chi connectivity index (χ0n) is 12.7. The summed E-state index contributed by atoms with van der Waals surface area (Å²) in [5.74, 6) is 0.0121. The van der Waals surface area contributed by atoms with E-state index >= 15 is 0 Å². The highest BCUT2D eigenvalue weighted by atomic mass is 35.5. The van der Waals surface area contributed by atoms with Gasteiger partial charge in [-0.3, -0.25) is 4.79 Å². The van der Waals surface area contributed by atoms with Crippen molar-refractivity contribution in [3.8, 4) is 6.01 Å². The van der Waals surface area contributed by atoms with Crippen molar-refractivity contribution < 1.29 is 9.53 Å². The molecule has 0 spiro atoms. The minimum Gasteiger partial charge on any atom is -0.467 e. The Morgan fingerprint density at radius 2 is 2.05 bits per heavy atom. The molecule has 0 aromatic carbocycles. The van der Waals surface area contributed by atoms with Gasteiger partial charge in [0, 0.05) is 11.3 Å². The fraction of sp³-hybridized carbons (Fsp3) is 0.375. The van der Waals surface area contributed by atoms with Gasteiger partial charge < -0.3 is 4.74 Å². The number of ether oxygens (including phenoxy) is 1. The van der Waals surface area contributed by atoms with E-state index in [1.54, 1.807) is 12.1 Å². The van der Waals surface area contributed by atoms with Gasteiger partial charge in [-0.2, -0.15) is 4.98 Å². The van der Waals surface area contributed by atoms with Crippen LogP contribution in [0.2, 0.25) is 5.15 Å². The van der Waals surface area contributed by atoms with Crippen LogP contribution in [0.15, 0.2) is 18.2 Å². The van der Waals surface area contributed by atoms with Gasteiger partial charge in [0.1, 0.15) is 5.15 Å². The number of halogens is 1. The van der Waals surface area contributed by atoms with Crippen molar-refractivity contribution in [2.75, 3.05) is 7.11 Å². The van der Waals surface area contributed by atoms with Crippen molar-refractivity contribution in [3.63, 3.8) is 0 Å². The largest absolute Gasteiger partial charge is 0.467 e. The van der Waals surface area contributed by atoms with Crippen LogP contribution in [0.3, 0.4) is 0 Å². The van der Waals surface area contributed by atoms with Crippen LogP contribution in [0.1, 0.15) is 40.8 Å². The first-order valence-electron chi connectivity index (χ1n) is 7.04. The van der Waals surface area contributed by atoms with E-state index in [0.717, 1.165) is 11.4 Å². The third kappa shape index (κ3) is 2.35. The van der Waals surface area contributed by atoms with E-state index in [4.69, 9.17) is 16.3 Å². The van der Waals surface area contributed by atoms with Crippen LogP contribution in [0.5, 0.6) is 6.01 Å². The second-order valence-corrected chi connectivity index (χ2v) is 6.06. The second-order valence-electron chi connectivity index (χ2n) is 5.67. The molecular weight excluding hydrogens is 302 g/mol. The zero-order valence-corrected chi connectivity index (χ0v) is 13.4. The SMILES string of the molecule is COc1nc(C)cc(C2(C)CCc3nc(Cl)ccc3C2=O)n1. The van der Waals surface area contributed by atoms with Gasteiger partial charge in [-0.05, 0) is 44.9 Å². The number of Topliss-reactive ketones (excluding diaryl/α,β-unsaturated/α-hetero) is 1. The first-order chi connectivity index (χ1) is 10.4. The predicted molar refractivity (Wildman–Crippen MR) is 82.6 cm³/mol. The lowest BCUT2D eigenvalue weighted by molar-refractivity contribution is 0.0870. The van der Waals surface area contributed by atoms with Gasteiger partial charge in [0.25, 0.3) is 0 Å². The molecule has 0 saturated carbocycles. The lowest BCUT2D eigenvalue weighted by atomic mass is 9.71. The minimum absolute atomic E-state index is 0.0121. The maximum Gasteiger partial charge on any atom is 0.316 e. The molecule has 0 fully saturated rings. The summed E-state index contributed by atoms with van der Waals surface area (Å²) in [6.45, 7) is 3.77. The fourth-order valence-electron chi connectivity index (χ4n) is 2.81. The molecule has 114 valence electrons. The minimum atomic E-state index is -0.705. The number of fused-ring (bicyclic) bond motifs is 1. The van der Waals surface area contributed by atoms with Crippen LogP contribution in [0.25, 0.3) is 0 Å². The highest BCUT2D eigenvalue weighted by molar-refractivity contribution is 6.29. The van der Waals surface area contributed by atoms with Crippen LogP contribution in [-0.2, 0) is 11.8 Å². The molecule has 0 bridgehead atoms. The fourth-order valence-corrected chi connectivity index (χ4v) is 2.98. The summed E-state index contributed by atoms with van der Waals surface area (Å²) in [4.78, 5) is 25.8. The van der Waals surface area contributed by atoms with E-state index in [9.17, 15) is 4.79 Å². The van der Waals surface area contributed by atoms with E-state index in [1.807, 2.05) is 19.9 Å². The van der Waals surface area contributed by atoms with Crippen molar-refractivity contribution in [3.05, 3.63) is 46.0 Å². The first kappa shape index (κ1) is 14.9. The number of rotatable bonds is 2. The third-order valence-corrected chi connectivity index (χ3v) is 4.34. The Hall–Kier alpha value is -2.01. The second kappa shape index (κ2) is 5.32. The Morgan fingerprint density at radius 1 is 1.27 bits per heavy atom. The van der Waals surface area contributed by atoms with Crippen molar-refractivity contribution in [2.24, 2.45) is 0 Å². The summed E-state index contributed by atoms with van der Waals surface area (Å²) in [6.07, 6.45) is 1.31. The Morgan fingerprint density at radius 3 is 2.77 bits per heavy atom. The topological polar surface area (TPSA) is 65.0 Å². The molecule has 22 heavy (non-hydrogen) atoms. The number of nitrogens with zero attached hydrogens (tertiary/aromatic N) is 3. The molecule has 6 heteroatoms. The van der Waals surface area contributed by atoms with Crippen LogP contribution in [0, 0.1) is 6.92 Å². The summed E-state index contributed by atoms with van der Waals surface area (Å²) in [7, 11) is 1.52. The Labute approximate surface area is 133 Å². The highest BCUT2D eigenvalue weighted by Crippen LogP contribution is 2.37. The zero-order chi connectivity index (χ0) is 15.9. The van der Waals surface area contributed by atoms with Crippen molar-refractivity contribution in [1.29, 1.82) is 0 Å². The molecule has 3 rings (SSSR count). The smallest absolute Gasteiger partial charge is 0.316 e. The molecule has 0 N–H and O–H groups in total. The molecular formula is C16H16ClN3O2. The number of methoxy groups -OCH3 is 1. The van der Waals surface area contributed by atoms with E-state index in [-0.39, 0.29) is 11.8 Å². The number of hydrogen-bond donors (Lipinski definition) is 0. The molecule has 0 radical (unpaired) electrons. The van der Waals surface area contributed by atoms with Gasteiger partial charge in [-0.1, -0.05) is 11.6 Å². The van der Waals surface area contributed by atoms with Crippen LogP contribution in [0.4, 0.5) is 0 Å². The molecule has 0 aliphatic heterocycles. The van der Waals surface area contributed by atoms with Gasteiger partial charge in [-0.25, -0.2) is 9.97 Å². The molecule has 2 aromatic rings. The normalized spacial score (nSPS) is 20.6. The molecule has 1 aliphatic rings. The number of pyridine rings is 1. The van der Waals surface area contributed by atoms with Gasteiger partial charge in [-0.15, -0.1) is 0 Å². The molecule has 5 nitrogen and oxygen atoms in total. The van der Waals surface area contributed by atoms with Crippen LogP contribution in [-0.4, -0.2) is 27.8 Å². The Balaban J connectivity index is 2.09.